The van der Waals surface area contributed by atoms with Crippen molar-refractivity contribution < 1.29 is 0 Å². The first-order valence-electron chi connectivity index (χ1n) is 6.39. The molecule has 0 radical (unpaired) electrons. The van der Waals surface area contributed by atoms with Gasteiger partial charge in [-0.05, 0) is 43.1 Å². The van der Waals surface area contributed by atoms with E-state index in [9.17, 15) is 0 Å². The summed E-state index contributed by atoms with van der Waals surface area (Å²) in [4.78, 5) is 0. The standard InChI is InChI=1S/C13H27N/c1-4-12-5-7-13(8-6-12)11(3)10(2)9-14/h10-13H,4-9,14H2,1-3H3. The van der Waals surface area contributed by atoms with E-state index < -0.39 is 0 Å². The molecule has 2 N–H and O–H groups in total. The van der Waals surface area contributed by atoms with Crippen molar-refractivity contribution in [1.29, 1.82) is 0 Å². The number of nitrogens with two attached hydrogens (primary N) is 1. The van der Waals surface area contributed by atoms with Gasteiger partial charge in [-0.1, -0.05) is 40.0 Å². The second-order valence-electron chi connectivity index (χ2n) is 5.26. The van der Waals surface area contributed by atoms with Crippen LogP contribution in [0, 0.1) is 23.7 Å². The van der Waals surface area contributed by atoms with Gasteiger partial charge < -0.3 is 5.73 Å². The molecule has 0 aromatic carbocycles. The highest BCUT2D eigenvalue weighted by atomic mass is 14.6. The minimum atomic E-state index is 0.707. The van der Waals surface area contributed by atoms with Crippen LogP contribution in [0.1, 0.15) is 52.9 Å². The average Bonchev–Trinajstić information content (AvgIpc) is 2.27. The van der Waals surface area contributed by atoms with Crippen LogP contribution in [0.2, 0.25) is 0 Å². The highest BCUT2D eigenvalue weighted by Gasteiger charge is 2.26. The number of rotatable bonds is 4. The van der Waals surface area contributed by atoms with Crippen LogP contribution in [0.25, 0.3) is 0 Å². The fraction of sp³-hybridized carbons (Fsp3) is 1.00. The molecule has 1 heteroatoms. The van der Waals surface area contributed by atoms with E-state index in [1.54, 1.807) is 0 Å². The van der Waals surface area contributed by atoms with Crippen molar-refractivity contribution in [2.24, 2.45) is 29.4 Å². The van der Waals surface area contributed by atoms with Gasteiger partial charge in [0.05, 0.1) is 0 Å². The topological polar surface area (TPSA) is 26.0 Å². The molecule has 1 aliphatic carbocycles. The molecule has 0 aromatic rings. The van der Waals surface area contributed by atoms with Crippen molar-refractivity contribution in [3.63, 3.8) is 0 Å². The molecule has 1 fully saturated rings. The lowest BCUT2D eigenvalue weighted by Crippen LogP contribution is -2.28. The molecule has 2 atom stereocenters. The van der Waals surface area contributed by atoms with E-state index in [1.165, 1.54) is 32.1 Å². The molecule has 0 amide bonds. The van der Waals surface area contributed by atoms with Gasteiger partial charge in [-0.15, -0.1) is 0 Å². The van der Waals surface area contributed by atoms with Crippen LogP contribution in [0.4, 0.5) is 0 Å². The fourth-order valence-electron chi connectivity index (χ4n) is 2.80. The molecule has 1 rings (SSSR count). The molecule has 0 heterocycles. The quantitative estimate of drug-likeness (QED) is 0.734. The Bertz CT molecular complexity index is 147. The molecule has 0 saturated heterocycles. The van der Waals surface area contributed by atoms with E-state index in [2.05, 4.69) is 20.8 Å². The first kappa shape index (κ1) is 12.0. The Hall–Kier alpha value is -0.0400. The Morgan fingerprint density at radius 1 is 1.14 bits per heavy atom. The SMILES string of the molecule is CCC1CCC(C(C)C(C)CN)CC1. The van der Waals surface area contributed by atoms with Crippen molar-refractivity contribution >= 4 is 0 Å². The van der Waals surface area contributed by atoms with E-state index in [4.69, 9.17) is 5.73 Å². The van der Waals surface area contributed by atoms with Gasteiger partial charge in [0, 0.05) is 0 Å². The molecule has 14 heavy (non-hydrogen) atoms. The first-order chi connectivity index (χ1) is 6.69. The van der Waals surface area contributed by atoms with E-state index >= 15 is 0 Å². The molecule has 0 aliphatic heterocycles. The van der Waals surface area contributed by atoms with E-state index in [-0.39, 0.29) is 0 Å². The number of hydrogen-bond donors (Lipinski definition) is 1. The first-order valence-corrected chi connectivity index (χ1v) is 6.39. The highest BCUT2D eigenvalue weighted by molar-refractivity contribution is 4.78. The highest BCUT2D eigenvalue weighted by Crippen LogP contribution is 2.37. The van der Waals surface area contributed by atoms with Gasteiger partial charge in [-0.2, -0.15) is 0 Å². The zero-order valence-corrected chi connectivity index (χ0v) is 10.1. The van der Waals surface area contributed by atoms with Crippen molar-refractivity contribution in [2.45, 2.75) is 52.9 Å². The largest absolute Gasteiger partial charge is 0.330 e. The molecule has 84 valence electrons. The number of hydrogen-bond acceptors (Lipinski definition) is 1. The molecule has 0 aromatic heterocycles. The average molecular weight is 197 g/mol. The lowest BCUT2D eigenvalue weighted by atomic mass is 9.72. The second kappa shape index (κ2) is 5.75. The summed E-state index contributed by atoms with van der Waals surface area (Å²) in [5.74, 6) is 3.51. The lowest BCUT2D eigenvalue weighted by molar-refractivity contribution is 0.173. The van der Waals surface area contributed by atoms with Crippen molar-refractivity contribution in [1.82, 2.24) is 0 Å². The Morgan fingerprint density at radius 3 is 2.14 bits per heavy atom. The van der Waals surface area contributed by atoms with Gasteiger partial charge in [0.2, 0.25) is 0 Å². The molecule has 0 bridgehead atoms. The maximum atomic E-state index is 5.73. The van der Waals surface area contributed by atoms with Crippen molar-refractivity contribution in [3.05, 3.63) is 0 Å². The predicted octanol–water partition coefficient (Wildman–Crippen LogP) is 3.43. The van der Waals surface area contributed by atoms with Crippen LogP contribution in [0.3, 0.4) is 0 Å². The second-order valence-corrected chi connectivity index (χ2v) is 5.26. The summed E-state index contributed by atoms with van der Waals surface area (Å²) in [5.41, 5.74) is 5.73. The van der Waals surface area contributed by atoms with Gasteiger partial charge >= 0.3 is 0 Å². The third kappa shape index (κ3) is 2.98. The smallest absolute Gasteiger partial charge is 0.00489 e. The molecular weight excluding hydrogens is 170 g/mol. The van der Waals surface area contributed by atoms with Crippen molar-refractivity contribution in [2.75, 3.05) is 6.54 Å². The minimum Gasteiger partial charge on any atom is -0.330 e. The molecule has 2 unspecified atom stereocenters. The van der Waals surface area contributed by atoms with Gasteiger partial charge in [0.15, 0.2) is 0 Å². The van der Waals surface area contributed by atoms with Crippen LogP contribution in [0.5, 0.6) is 0 Å². The summed E-state index contributed by atoms with van der Waals surface area (Å²) >= 11 is 0. The van der Waals surface area contributed by atoms with Crippen molar-refractivity contribution in [3.8, 4) is 0 Å². The molecule has 1 saturated carbocycles. The summed E-state index contributed by atoms with van der Waals surface area (Å²) in [5, 5.41) is 0. The fourth-order valence-corrected chi connectivity index (χ4v) is 2.80. The summed E-state index contributed by atoms with van der Waals surface area (Å²) in [6.07, 6.45) is 7.20. The third-order valence-corrected chi connectivity index (χ3v) is 4.48. The Balaban J connectivity index is 2.33. The van der Waals surface area contributed by atoms with E-state index in [0.717, 1.165) is 24.3 Å². The summed E-state index contributed by atoms with van der Waals surface area (Å²) in [6.45, 7) is 7.89. The van der Waals surface area contributed by atoms with Gasteiger partial charge in [-0.3, -0.25) is 0 Å². The monoisotopic (exact) mass is 197 g/mol. The maximum Gasteiger partial charge on any atom is -0.00489 e. The van der Waals surface area contributed by atoms with E-state index in [0.29, 0.717) is 5.92 Å². The molecular formula is C13H27N. The summed E-state index contributed by atoms with van der Waals surface area (Å²) in [6, 6.07) is 0. The van der Waals surface area contributed by atoms with E-state index in [1.807, 2.05) is 0 Å². The molecule has 1 nitrogen and oxygen atoms in total. The zero-order valence-electron chi connectivity index (χ0n) is 10.1. The van der Waals surface area contributed by atoms with Crippen LogP contribution in [-0.4, -0.2) is 6.54 Å². The van der Waals surface area contributed by atoms with Gasteiger partial charge in [-0.25, -0.2) is 0 Å². The Labute approximate surface area is 89.5 Å². The normalized spacial score (nSPS) is 32.6. The Kier molecular flexibility index (Phi) is 4.94. The maximum absolute atomic E-state index is 5.73. The van der Waals surface area contributed by atoms with Crippen LogP contribution in [-0.2, 0) is 0 Å². The minimum absolute atomic E-state index is 0.707. The predicted molar refractivity (Wildman–Crippen MR) is 63.1 cm³/mol. The molecule has 0 spiro atoms. The van der Waals surface area contributed by atoms with Crippen LogP contribution < -0.4 is 5.73 Å². The summed E-state index contributed by atoms with van der Waals surface area (Å²) < 4.78 is 0. The third-order valence-electron chi connectivity index (χ3n) is 4.48. The zero-order chi connectivity index (χ0) is 10.6. The Morgan fingerprint density at radius 2 is 1.71 bits per heavy atom. The van der Waals surface area contributed by atoms with Gasteiger partial charge in [0.1, 0.15) is 0 Å². The van der Waals surface area contributed by atoms with Crippen LogP contribution >= 0.6 is 0 Å². The molecule has 1 aliphatic rings. The summed E-state index contributed by atoms with van der Waals surface area (Å²) in [7, 11) is 0. The lowest BCUT2D eigenvalue weighted by Gasteiger charge is -2.34. The van der Waals surface area contributed by atoms with Gasteiger partial charge in [0.25, 0.3) is 0 Å². The van der Waals surface area contributed by atoms with Crippen LogP contribution in [0.15, 0.2) is 0 Å².